The van der Waals surface area contributed by atoms with Gasteiger partial charge in [0.2, 0.25) is 0 Å². The Morgan fingerprint density at radius 3 is 2.63 bits per heavy atom. The molecule has 2 aromatic carbocycles. The van der Waals surface area contributed by atoms with Crippen molar-refractivity contribution in [3.63, 3.8) is 0 Å². The molecule has 1 N–H and O–H groups in total. The lowest BCUT2D eigenvalue weighted by molar-refractivity contribution is -0.137. The lowest BCUT2D eigenvalue weighted by Crippen LogP contribution is -2.48. The fourth-order valence-corrected chi connectivity index (χ4v) is 4.89. The standard InChI is InChI=1S/C27H20F4N6O/c28-20-10-18(17-4-2-7-32-13-17)11-21(12-20)34-26(38)37-22-6-8-36(15-22)23-14-33-24(35-25(23)37)16-3-1-5-19(9-16)27(29,30)31/h1-5,7,9-14,22H,6,8,15H2,(H,34,38). The van der Waals surface area contributed by atoms with E-state index in [0.717, 1.165) is 12.1 Å². The Labute approximate surface area is 214 Å². The summed E-state index contributed by atoms with van der Waals surface area (Å²) in [5.74, 6) is -0.163. The number of pyridine rings is 1. The van der Waals surface area contributed by atoms with Crippen molar-refractivity contribution in [1.82, 2.24) is 15.0 Å². The van der Waals surface area contributed by atoms with Crippen molar-refractivity contribution in [2.45, 2.75) is 18.6 Å². The normalized spacial score (nSPS) is 16.4. The van der Waals surface area contributed by atoms with E-state index in [1.54, 1.807) is 30.6 Å². The molecule has 6 rings (SSSR count). The van der Waals surface area contributed by atoms with Crippen LogP contribution in [0.1, 0.15) is 12.0 Å². The number of amides is 2. The zero-order chi connectivity index (χ0) is 26.4. The minimum Gasteiger partial charge on any atom is -0.365 e. The Bertz CT molecular complexity index is 1530. The van der Waals surface area contributed by atoms with Gasteiger partial charge in [0, 0.05) is 42.3 Å². The second kappa shape index (κ2) is 9.09. The zero-order valence-corrected chi connectivity index (χ0v) is 19.8. The van der Waals surface area contributed by atoms with Gasteiger partial charge in [0.25, 0.3) is 0 Å². The Kier molecular flexibility index (Phi) is 5.70. The molecule has 2 amide bonds. The van der Waals surface area contributed by atoms with E-state index >= 15 is 0 Å². The molecule has 192 valence electrons. The summed E-state index contributed by atoms with van der Waals surface area (Å²) in [6.45, 7) is 1.25. The molecule has 2 aliphatic rings. The van der Waals surface area contributed by atoms with E-state index in [2.05, 4.69) is 20.3 Å². The molecule has 0 saturated carbocycles. The number of carbonyl (C=O) groups is 1. The molecule has 4 aromatic rings. The van der Waals surface area contributed by atoms with E-state index < -0.39 is 23.6 Å². The summed E-state index contributed by atoms with van der Waals surface area (Å²) in [6, 6.07) is 11.8. The molecule has 1 saturated heterocycles. The first kappa shape index (κ1) is 23.8. The predicted octanol–water partition coefficient (Wildman–Crippen LogP) is 5.99. The molecule has 0 spiro atoms. The fourth-order valence-electron chi connectivity index (χ4n) is 4.89. The maximum absolute atomic E-state index is 14.5. The molecule has 0 aliphatic carbocycles. The first-order valence-corrected chi connectivity index (χ1v) is 11.9. The van der Waals surface area contributed by atoms with Crippen molar-refractivity contribution >= 4 is 23.2 Å². The minimum absolute atomic E-state index is 0.0692. The number of anilines is 3. The average molecular weight is 520 g/mol. The minimum atomic E-state index is -4.51. The topological polar surface area (TPSA) is 74.2 Å². The van der Waals surface area contributed by atoms with Crippen LogP contribution in [-0.2, 0) is 6.18 Å². The van der Waals surface area contributed by atoms with Crippen molar-refractivity contribution in [2.24, 2.45) is 0 Å². The molecule has 1 fully saturated rings. The molecule has 2 bridgehead atoms. The van der Waals surface area contributed by atoms with Gasteiger partial charge < -0.3 is 10.2 Å². The van der Waals surface area contributed by atoms with Crippen LogP contribution in [0.25, 0.3) is 22.5 Å². The molecular formula is C27H20F4N6O. The van der Waals surface area contributed by atoms with Crippen molar-refractivity contribution in [1.29, 1.82) is 0 Å². The molecular weight excluding hydrogens is 500 g/mol. The van der Waals surface area contributed by atoms with Gasteiger partial charge in [-0.3, -0.25) is 9.88 Å². The first-order chi connectivity index (χ1) is 18.3. The van der Waals surface area contributed by atoms with Crippen LogP contribution >= 0.6 is 0 Å². The largest absolute Gasteiger partial charge is 0.416 e. The molecule has 1 unspecified atom stereocenters. The number of fused-ring (bicyclic) bond motifs is 4. The number of rotatable bonds is 3. The third-order valence-electron chi connectivity index (χ3n) is 6.66. The highest BCUT2D eigenvalue weighted by Gasteiger charge is 2.41. The van der Waals surface area contributed by atoms with Gasteiger partial charge in [0.1, 0.15) is 5.82 Å². The summed E-state index contributed by atoms with van der Waals surface area (Å²) in [5, 5.41) is 2.77. The van der Waals surface area contributed by atoms with Gasteiger partial charge in [-0.2, -0.15) is 13.2 Å². The van der Waals surface area contributed by atoms with Crippen LogP contribution < -0.4 is 15.1 Å². The Balaban J connectivity index is 1.35. The summed E-state index contributed by atoms with van der Waals surface area (Å²) in [4.78, 5) is 30.0. The number of aromatic nitrogens is 3. The third kappa shape index (κ3) is 4.40. The van der Waals surface area contributed by atoms with Crippen molar-refractivity contribution in [3.8, 4) is 22.5 Å². The fraction of sp³-hybridized carbons (Fsp3) is 0.185. The lowest BCUT2D eigenvalue weighted by Gasteiger charge is -2.35. The third-order valence-corrected chi connectivity index (χ3v) is 6.66. The monoisotopic (exact) mass is 520 g/mol. The number of nitrogens with one attached hydrogen (secondary N) is 1. The summed E-state index contributed by atoms with van der Waals surface area (Å²) < 4.78 is 54.3. The molecule has 0 radical (unpaired) electrons. The number of hydrogen-bond acceptors (Lipinski definition) is 5. The first-order valence-electron chi connectivity index (χ1n) is 11.9. The number of nitrogens with zero attached hydrogens (tertiary/aromatic N) is 5. The van der Waals surface area contributed by atoms with E-state index in [1.807, 2.05) is 4.90 Å². The quantitative estimate of drug-likeness (QED) is 0.336. The predicted molar refractivity (Wildman–Crippen MR) is 134 cm³/mol. The second-order valence-corrected chi connectivity index (χ2v) is 9.14. The van der Waals surface area contributed by atoms with E-state index in [1.165, 1.54) is 35.4 Å². The second-order valence-electron chi connectivity index (χ2n) is 9.14. The molecule has 11 heteroatoms. The highest BCUT2D eigenvalue weighted by molar-refractivity contribution is 6.05. The Morgan fingerprint density at radius 1 is 1.00 bits per heavy atom. The van der Waals surface area contributed by atoms with Crippen molar-refractivity contribution in [3.05, 3.63) is 84.6 Å². The number of benzene rings is 2. The molecule has 4 heterocycles. The number of carbonyl (C=O) groups excluding carboxylic acids is 1. The van der Waals surface area contributed by atoms with Crippen LogP contribution in [0.15, 0.2) is 73.2 Å². The van der Waals surface area contributed by atoms with Crippen LogP contribution in [0.2, 0.25) is 0 Å². The van der Waals surface area contributed by atoms with Crippen LogP contribution in [0.4, 0.5) is 39.5 Å². The number of alkyl halides is 3. The molecule has 7 nitrogen and oxygen atoms in total. The van der Waals surface area contributed by atoms with Gasteiger partial charge in [-0.15, -0.1) is 0 Å². The Hall–Kier alpha value is -4.54. The summed E-state index contributed by atoms with van der Waals surface area (Å²) in [5.41, 5.74) is 1.47. The smallest absolute Gasteiger partial charge is 0.365 e. The zero-order valence-electron chi connectivity index (χ0n) is 19.8. The molecule has 2 aromatic heterocycles. The van der Waals surface area contributed by atoms with Crippen LogP contribution in [-0.4, -0.2) is 40.1 Å². The van der Waals surface area contributed by atoms with Gasteiger partial charge >= 0.3 is 12.2 Å². The summed E-state index contributed by atoms with van der Waals surface area (Å²) in [7, 11) is 0. The van der Waals surface area contributed by atoms with Gasteiger partial charge in [-0.05, 0) is 48.4 Å². The van der Waals surface area contributed by atoms with Crippen molar-refractivity contribution < 1.29 is 22.4 Å². The highest BCUT2D eigenvalue weighted by atomic mass is 19.4. The van der Waals surface area contributed by atoms with Gasteiger partial charge in [0.05, 0.1) is 23.5 Å². The molecule has 2 aliphatic heterocycles. The lowest BCUT2D eigenvalue weighted by atomic mass is 10.1. The van der Waals surface area contributed by atoms with E-state index in [0.29, 0.717) is 42.1 Å². The SMILES string of the molecule is O=C(Nc1cc(F)cc(-c2cccnc2)c1)N1c2nc(-c3cccc(C(F)(F)F)c3)ncc2N2CCC1C2. The maximum atomic E-state index is 14.5. The highest BCUT2D eigenvalue weighted by Crippen LogP contribution is 2.40. The molecule has 1 atom stereocenters. The number of urea groups is 1. The average Bonchev–Trinajstić information content (AvgIpc) is 3.32. The van der Waals surface area contributed by atoms with Crippen LogP contribution in [0.5, 0.6) is 0 Å². The van der Waals surface area contributed by atoms with Gasteiger partial charge in [-0.25, -0.2) is 19.2 Å². The maximum Gasteiger partial charge on any atom is 0.416 e. The number of halogens is 4. The number of hydrogen-bond donors (Lipinski definition) is 1. The summed E-state index contributed by atoms with van der Waals surface area (Å²) >= 11 is 0. The van der Waals surface area contributed by atoms with Gasteiger partial charge in [-0.1, -0.05) is 18.2 Å². The summed E-state index contributed by atoms with van der Waals surface area (Å²) in [6.07, 6.45) is 0.899. The van der Waals surface area contributed by atoms with Crippen molar-refractivity contribution in [2.75, 3.05) is 28.2 Å². The van der Waals surface area contributed by atoms with E-state index in [9.17, 15) is 22.4 Å². The van der Waals surface area contributed by atoms with Gasteiger partial charge in [0.15, 0.2) is 11.6 Å². The molecule has 38 heavy (non-hydrogen) atoms. The van der Waals surface area contributed by atoms with E-state index in [-0.39, 0.29) is 23.1 Å². The van der Waals surface area contributed by atoms with E-state index in [4.69, 9.17) is 0 Å². The van der Waals surface area contributed by atoms with Crippen LogP contribution in [0.3, 0.4) is 0 Å². The van der Waals surface area contributed by atoms with Crippen LogP contribution in [0, 0.1) is 5.82 Å². The Morgan fingerprint density at radius 2 is 1.84 bits per heavy atom.